The zero-order valence-electron chi connectivity index (χ0n) is 10.1. The molecule has 17 heavy (non-hydrogen) atoms. The Morgan fingerprint density at radius 2 is 2.24 bits per heavy atom. The largest absolute Gasteiger partial charge is 0.487 e. The summed E-state index contributed by atoms with van der Waals surface area (Å²) in [5.41, 5.74) is 7.99. The minimum atomic E-state index is 0.0882. The molecule has 0 amide bonds. The summed E-state index contributed by atoms with van der Waals surface area (Å²) in [6, 6.07) is 4.13. The van der Waals surface area contributed by atoms with E-state index in [1.165, 1.54) is 0 Å². The molecule has 94 valence electrons. The molecule has 1 aromatic rings. The van der Waals surface area contributed by atoms with E-state index >= 15 is 0 Å². The average molecular weight is 319 g/mol. The lowest BCUT2D eigenvalue weighted by Gasteiger charge is -2.16. The summed E-state index contributed by atoms with van der Waals surface area (Å²) in [5.74, 6) is 0.854. The van der Waals surface area contributed by atoms with Crippen molar-refractivity contribution in [2.75, 3.05) is 6.61 Å². The fraction of sp³-hybridized carbons (Fsp3) is 0.385. The number of halogens is 2. The smallest absolute Gasteiger partial charge is 0.126 e. The Morgan fingerprint density at radius 3 is 2.76 bits per heavy atom. The lowest BCUT2D eigenvalue weighted by atomic mass is 10.0. The van der Waals surface area contributed by atoms with Crippen molar-refractivity contribution in [3.63, 3.8) is 0 Å². The van der Waals surface area contributed by atoms with Crippen LogP contribution < -0.4 is 10.5 Å². The molecular formula is C13H17BrClNO. The van der Waals surface area contributed by atoms with Crippen LogP contribution in [0.3, 0.4) is 0 Å². The number of hydrogen-bond acceptors (Lipinski definition) is 2. The number of rotatable bonds is 5. The predicted molar refractivity (Wildman–Crippen MR) is 76.7 cm³/mol. The van der Waals surface area contributed by atoms with Crippen molar-refractivity contribution in [1.82, 2.24) is 0 Å². The monoisotopic (exact) mass is 317 g/mol. The molecule has 0 saturated carbocycles. The summed E-state index contributed by atoms with van der Waals surface area (Å²) in [7, 11) is 0. The molecule has 0 bridgehead atoms. The molecule has 0 radical (unpaired) electrons. The number of nitrogens with two attached hydrogens (primary N) is 1. The number of ether oxygens (including phenoxy) is 1. The summed E-state index contributed by atoms with van der Waals surface area (Å²) in [5, 5.41) is 0.485. The Kier molecular flexibility index (Phi) is 5.50. The van der Waals surface area contributed by atoms with Crippen LogP contribution in [-0.4, -0.2) is 12.6 Å². The molecule has 0 saturated heterocycles. The van der Waals surface area contributed by atoms with Gasteiger partial charge in [0, 0.05) is 15.5 Å². The van der Waals surface area contributed by atoms with Crippen LogP contribution in [0.4, 0.5) is 0 Å². The highest BCUT2D eigenvalue weighted by Crippen LogP contribution is 2.29. The van der Waals surface area contributed by atoms with Crippen molar-refractivity contribution in [1.29, 1.82) is 0 Å². The van der Waals surface area contributed by atoms with Gasteiger partial charge in [-0.1, -0.05) is 34.1 Å². The number of hydrogen-bond donors (Lipinski definition) is 1. The molecule has 0 spiro atoms. The molecule has 1 rings (SSSR count). The van der Waals surface area contributed by atoms with E-state index in [9.17, 15) is 0 Å². The van der Waals surface area contributed by atoms with E-state index in [4.69, 9.17) is 22.1 Å². The first-order valence-electron chi connectivity index (χ1n) is 5.41. The van der Waals surface area contributed by atoms with Crippen molar-refractivity contribution in [2.45, 2.75) is 26.3 Å². The molecule has 2 nitrogen and oxygen atoms in total. The Labute approximate surface area is 116 Å². The van der Waals surface area contributed by atoms with Crippen LogP contribution >= 0.6 is 27.5 Å². The lowest BCUT2D eigenvalue weighted by molar-refractivity contribution is 0.352. The molecule has 0 aliphatic carbocycles. The fourth-order valence-corrected chi connectivity index (χ4v) is 2.33. The first-order chi connectivity index (χ1) is 7.90. The van der Waals surface area contributed by atoms with Gasteiger partial charge in [0.05, 0.1) is 0 Å². The van der Waals surface area contributed by atoms with Crippen LogP contribution in [0.1, 0.15) is 18.1 Å². The minimum Gasteiger partial charge on any atom is -0.487 e. The van der Waals surface area contributed by atoms with Gasteiger partial charge < -0.3 is 10.5 Å². The summed E-state index contributed by atoms with van der Waals surface area (Å²) < 4.78 is 6.71. The van der Waals surface area contributed by atoms with E-state index < -0.39 is 0 Å². The Morgan fingerprint density at radius 1 is 1.59 bits per heavy atom. The van der Waals surface area contributed by atoms with E-state index in [0.29, 0.717) is 11.6 Å². The summed E-state index contributed by atoms with van der Waals surface area (Å²) >= 11 is 9.19. The molecule has 0 fully saturated rings. The summed E-state index contributed by atoms with van der Waals surface area (Å²) in [6.07, 6.45) is 0.768. The number of benzene rings is 1. The maximum atomic E-state index is 5.83. The topological polar surface area (TPSA) is 35.2 Å². The fourth-order valence-electron chi connectivity index (χ4n) is 1.65. The molecule has 0 aromatic heterocycles. The van der Waals surface area contributed by atoms with E-state index in [-0.39, 0.29) is 6.04 Å². The first kappa shape index (κ1) is 14.6. The van der Waals surface area contributed by atoms with Crippen molar-refractivity contribution in [3.05, 3.63) is 39.3 Å². The standard InChI is InChI=1S/C13H17BrClNO/c1-8-4-12(14)6-11(5-10(3)16)13(8)17-7-9(2)15/h4,6,10H,2,5,7,16H2,1,3H3. The second kappa shape index (κ2) is 6.43. The normalized spacial score (nSPS) is 12.3. The van der Waals surface area contributed by atoms with Crippen molar-refractivity contribution >= 4 is 27.5 Å². The van der Waals surface area contributed by atoms with Gasteiger partial charge in [-0.15, -0.1) is 0 Å². The molecule has 1 atom stereocenters. The van der Waals surface area contributed by atoms with Crippen LogP contribution in [0.5, 0.6) is 5.75 Å². The van der Waals surface area contributed by atoms with Crippen LogP contribution in [0.25, 0.3) is 0 Å². The molecule has 2 N–H and O–H groups in total. The highest BCUT2D eigenvalue weighted by atomic mass is 79.9. The SMILES string of the molecule is C=C(Cl)COc1c(C)cc(Br)cc1CC(C)N. The van der Waals surface area contributed by atoms with Crippen LogP contribution in [-0.2, 0) is 6.42 Å². The van der Waals surface area contributed by atoms with Gasteiger partial charge in [0.25, 0.3) is 0 Å². The van der Waals surface area contributed by atoms with Crippen LogP contribution in [0, 0.1) is 6.92 Å². The zero-order chi connectivity index (χ0) is 13.0. The summed E-state index contributed by atoms with van der Waals surface area (Å²) in [6.45, 7) is 7.90. The van der Waals surface area contributed by atoms with Gasteiger partial charge in [0.2, 0.25) is 0 Å². The van der Waals surface area contributed by atoms with Crippen LogP contribution in [0.15, 0.2) is 28.2 Å². The molecule has 0 aliphatic heterocycles. The average Bonchev–Trinajstić information content (AvgIpc) is 2.14. The van der Waals surface area contributed by atoms with Gasteiger partial charge in [-0.25, -0.2) is 0 Å². The van der Waals surface area contributed by atoms with Gasteiger partial charge in [0.1, 0.15) is 12.4 Å². The van der Waals surface area contributed by atoms with E-state index in [2.05, 4.69) is 22.5 Å². The van der Waals surface area contributed by atoms with Gasteiger partial charge in [-0.2, -0.15) is 0 Å². The highest BCUT2D eigenvalue weighted by Gasteiger charge is 2.11. The first-order valence-corrected chi connectivity index (χ1v) is 6.58. The molecule has 0 aliphatic rings. The molecule has 1 aromatic carbocycles. The Bertz CT molecular complexity index is 418. The van der Waals surface area contributed by atoms with E-state index in [1.54, 1.807) is 0 Å². The molecular weight excluding hydrogens is 302 g/mol. The number of aryl methyl sites for hydroxylation is 1. The molecule has 1 unspecified atom stereocenters. The highest BCUT2D eigenvalue weighted by molar-refractivity contribution is 9.10. The third kappa shape index (κ3) is 4.70. The van der Waals surface area contributed by atoms with Crippen molar-refractivity contribution < 1.29 is 4.74 Å². The van der Waals surface area contributed by atoms with E-state index in [1.807, 2.05) is 26.0 Å². The molecule has 4 heteroatoms. The Balaban J connectivity index is 3.02. The van der Waals surface area contributed by atoms with Crippen LogP contribution in [0.2, 0.25) is 0 Å². The maximum Gasteiger partial charge on any atom is 0.126 e. The third-order valence-corrected chi connectivity index (χ3v) is 2.80. The van der Waals surface area contributed by atoms with Gasteiger partial charge in [0.15, 0.2) is 0 Å². The lowest BCUT2D eigenvalue weighted by Crippen LogP contribution is -2.18. The third-order valence-electron chi connectivity index (χ3n) is 2.23. The Hall–Kier alpha value is -0.510. The second-order valence-electron chi connectivity index (χ2n) is 4.20. The summed E-state index contributed by atoms with van der Waals surface area (Å²) in [4.78, 5) is 0. The maximum absolute atomic E-state index is 5.83. The molecule has 0 heterocycles. The minimum absolute atomic E-state index is 0.0882. The van der Waals surface area contributed by atoms with Crippen molar-refractivity contribution in [2.24, 2.45) is 5.73 Å². The predicted octanol–water partition coefficient (Wildman–Crippen LogP) is 3.78. The zero-order valence-corrected chi connectivity index (χ0v) is 12.4. The van der Waals surface area contributed by atoms with E-state index in [0.717, 1.165) is 27.8 Å². The van der Waals surface area contributed by atoms with Gasteiger partial charge in [-0.3, -0.25) is 0 Å². The van der Waals surface area contributed by atoms with Gasteiger partial charge in [-0.05, 0) is 43.5 Å². The second-order valence-corrected chi connectivity index (χ2v) is 5.65. The van der Waals surface area contributed by atoms with Crippen molar-refractivity contribution in [3.8, 4) is 5.75 Å². The van der Waals surface area contributed by atoms with Gasteiger partial charge >= 0.3 is 0 Å². The quantitative estimate of drug-likeness (QED) is 0.896.